The molecule has 2 aliphatic heterocycles. The summed E-state index contributed by atoms with van der Waals surface area (Å²) in [6.07, 6.45) is 7.66. The zero-order valence-corrected chi connectivity index (χ0v) is 30.1. The number of thioether (sulfide) groups is 2. The number of benzene rings is 2. The molecule has 11 nitrogen and oxygen atoms in total. The predicted octanol–water partition coefficient (Wildman–Crippen LogP) is 5.56. The first-order chi connectivity index (χ1) is 24.7. The van der Waals surface area contributed by atoms with Crippen LogP contribution in [0.25, 0.3) is 0 Å². The molecule has 4 amide bonds. The van der Waals surface area contributed by atoms with E-state index in [0.29, 0.717) is 43.9 Å². The number of carbonyl (C=O) groups excluding carboxylic acids is 4. The third-order valence-corrected chi connectivity index (χ3v) is 10.2. The maximum Gasteiger partial charge on any atom is 0.286 e. The van der Waals surface area contributed by atoms with Gasteiger partial charge in [-0.15, -0.1) is 0 Å². The van der Waals surface area contributed by atoms with Crippen molar-refractivity contribution in [3.63, 3.8) is 0 Å². The first-order valence-corrected chi connectivity index (χ1v) is 18.6. The lowest BCUT2D eigenvalue weighted by atomic mass is 10.1. The van der Waals surface area contributed by atoms with E-state index in [0.717, 1.165) is 75.7 Å². The second-order valence-corrected chi connectivity index (χ2v) is 14.2. The van der Waals surface area contributed by atoms with Gasteiger partial charge in [-0.2, -0.15) is 4.73 Å². The molecule has 0 saturated carbocycles. The highest BCUT2D eigenvalue weighted by Gasteiger charge is 2.32. The Hall–Kier alpha value is -4.88. The van der Waals surface area contributed by atoms with Crippen LogP contribution in [0.1, 0.15) is 47.5 Å². The summed E-state index contributed by atoms with van der Waals surface area (Å²) in [7, 11) is 0. The lowest BCUT2D eigenvalue weighted by Crippen LogP contribution is -2.32. The van der Waals surface area contributed by atoms with Gasteiger partial charge in [-0.25, -0.2) is 0 Å². The minimum atomic E-state index is -0.368. The summed E-state index contributed by atoms with van der Waals surface area (Å²) < 4.78 is 12.3. The number of ether oxygens (including phenoxy) is 2. The number of aryl methyl sites for hydroxylation is 2. The molecule has 2 N–H and O–H groups in total. The van der Waals surface area contributed by atoms with Gasteiger partial charge in [0.05, 0.1) is 30.1 Å². The SMILES string of the molecule is CCc1ccc(CCOc2ccc(CC3SC(=O)NC3=O)cc2)[n+]([O-])c1.CCc1ccc(CCOc2ccc(CC3SC(=O)NC3=O)cc2)nc1. The highest BCUT2D eigenvalue weighted by Crippen LogP contribution is 2.25. The van der Waals surface area contributed by atoms with Crippen molar-refractivity contribution in [1.29, 1.82) is 0 Å². The number of nitrogens with one attached hydrogen (secondary N) is 2. The van der Waals surface area contributed by atoms with Crippen LogP contribution in [0.5, 0.6) is 11.5 Å². The van der Waals surface area contributed by atoms with E-state index in [9.17, 15) is 24.4 Å². The third-order valence-electron chi connectivity index (χ3n) is 8.24. The molecular weight excluding hydrogens is 689 g/mol. The molecule has 2 aliphatic rings. The Bertz CT molecular complexity index is 1820. The van der Waals surface area contributed by atoms with Crippen molar-refractivity contribution in [3.8, 4) is 11.5 Å². The van der Waals surface area contributed by atoms with E-state index < -0.39 is 0 Å². The van der Waals surface area contributed by atoms with Crippen LogP contribution >= 0.6 is 23.5 Å². The molecule has 2 unspecified atom stereocenters. The molecule has 0 spiro atoms. The maximum absolute atomic E-state index is 11.9. The average Bonchev–Trinajstić information content (AvgIpc) is 3.63. The Labute approximate surface area is 305 Å². The van der Waals surface area contributed by atoms with Crippen molar-refractivity contribution in [2.75, 3.05) is 13.2 Å². The summed E-state index contributed by atoms with van der Waals surface area (Å²) >= 11 is 2.07. The molecular formula is C38H40N4O7S2. The molecule has 4 aromatic rings. The number of rotatable bonds is 14. The quantitative estimate of drug-likeness (QED) is 0.125. The maximum atomic E-state index is 11.9. The standard InChI is InChI=1S/C19H20N2O4S.C19H20N2O3S/c1-2-13-3-6-15(21(24)12-13)9-10-25-16-7-4-14(5-8-16)11-17-18(22)20-19(23)26-17;1-2-13-3-6-15(20-12-13)9-10-24-16-7-4-14(5-8-16)11-17-18(22)21-19(23)25-17/h3-8,12,17H,2,9-11H2,1H3,(H,20,22,23);3-8,12,17H,2,9-11H2,1H3,(H,21,22,23). The van der Waals surface area contributed by atoms with E-state index in [4.69, 9.17) is 9.47 Å². The van der Waals surface area contributed by atoms with E-state index in [1.807, 2.05) is 79.9 Å². The van der Waals surface area contributed by atoms with Gasteiger partial charge in [0.25, 0.3) is 10.5 Å². The number of hydrogen-bond acceptors (Lipinski definition) is 10. The van der Waals surface area contributed by atoms with E-state index >= 15 is 0 Å². The van der Waals surface area contributed by atoms with Crippen LogP contribution in [0, 0.1) is 5.21 Å². The molecule has 0 bridgehead atoms. The van der Waals surface area contributed by atoms with Gasteiger partial charge >= 0.3 is 0 Å². The summed E-state index contributed by atoms with van der Waals surface area (Å²) in [6.45, 7) is 5.09. The number of pyridine rings is 2. The molecule has 4 heterocycles. The number of nitrogens with zero attached hydrogens (tertiary/aromatic N) is 2. The van der Waals surface area contributed by atoms with Gasteiger partial charge < -0.3 is 14.7 Å². The second kappa shape index (κ2) is 18.4. The Morgan fingerprint density at radius 2 is 1.16 bits per heavy atom. The van der Waals surface area contributed by atoms with Gasteiger partial charge in [-0.3, -0.25) is 34.8 Å². The molecule has 2 fully saturated rings. The van der Waals surface area contributed by atoms with Crippen LogP contribution in [-0.4, -0.2) is 51.0 Å². The molecule has 2 aromatic heterocycles. The van der Waals surface area contributed by atoms with Crippen LogP contribution < -0.4 is 24.8 Å². The molecule has 266 valence electrons. The van der Waals surface area contributed by atoms with Gasteiger partial charge in [-0.1, -0.05) is 67.7 Å². The Balaban J connectivity index is 0.000000198. The van der Waals surface area contributed by atoms with Gasteiger partial charge in [0, 0.05) is 29.9 Å². The van der Waals surface area contributed by atoms with E-state index in [2.05, 4.69) is 28.6 Å². The van der Waals surface area contributed by atoms with Crippen molar-refractivity contribution in [1.82, 2.24) is 15.6 Å². The van der Waals surface area contributed by atoms with Crippen molar-refractivity contribution in [3.05, 3.63) is 124 Å². The van der Waals surface area contributed by atoms with Crippen molar-refractivity contribution < 1.29 is 33.4 Å². The first-order valence-electron chi connectivity index (χ1n) is 16.8. The number of aromatic nitrogens is 2. The van der Waals surface area contributed by atoms with Gasteiger partial charge in [0.15, 0.2) is 11.9 Å². The first kappa shape index (κ1) is 37.4. The second-order valence-electron chi connectivity index (χ2n) is 11.9. The summed E-state index contributed by atoms with van der Waals surface area (Å²) in [4.78, 5) is 50.0. The highest BCUT2D eigenvalue weighted by molar-refractivity contribution is 8.15. The fourth-order valence-corrected chi connectivity index (χ4v) is 6.96. The molecule has 2 aromatic carbocycles. The van der Waals surface area contributed by atoms with Crippen LogP contribution in [0.4, 0.5) is 9.59 Å². The smallest absolute Gasteiger partial charge is 0.286 e. The topological polar surface area (TPSA) is 151 Å². The minimum Gasteiger partial charge on any atom is -0.618 e. The molecule has 2 atom stereocenters. The normalized spacial score (nSPS) is 16.7. The number of imide groups is 2. The summed E-state index contributed by atoms with van der Waals surface area (Å²) in [5, 5.41) is 15.2. The van der Waals surface area contributed by atoms with Crippen LogP contribution in [0.2, 0.25) is 0 Å². The van der Waals surface area contributed by atoms with Gasteiger partial charge in [0.2, 0.25) is 11.8 Å². The van der Waals surface area contributed by atoms with E-state index in [-0.39, 0.29) is 32.8 Å². The van der Waals surface area contributed by atoms with Crippen molar-refractivity contribution >= 4 is 45.8 Å². The minimum absolute atomic E-state index is 0.211. The van der Waals surface area contributed by atoms with Gasteiger partial charge in [0.1, 0.15) is 11.5 Å². The monoisotopic (exact) mass is 728 g/mol. The number of carbonyl (C=O) groups is 4. The molecule has 51 heavy (non-hydrogen) atoms. The van der Waals surface area contributed by atoms with Crippen LogP contribution in [0.3, 0.4) is 0 Å². The summed E-state index contributed by atoms with van der Waals surface area (Å²) in [5.74, 6) is 1.04. The van der Waals surface area contributed by atoms with Crippen LogP contribution in [0.15, 0.2) is 85.2 Å². The largest absolute Gasteiger partial charge is 0.618 e. The fourth-order valence-electron chi connectivity index (χ4n) is 5.24. The van der Waals surface area contributed by atoms with E-state index in [1.165, 1.54) is 5.56 Å². The molecule has 13 heteroatoms. The zero-order chi connectivity index (χ0) is 36.2. The van der Waals surface area contributed by atoms with Crippen LogP contribution in [-0.2, 0) is 48.1 Å². The van der Waals surface area contributed by atoms with Crippen molar-refractivity contribution in [2.45, 2.75) is 62.9 Å². The number of amides is 4. The Kier molecular flexibility index (Phi) is 13.5. The lowest BCUT2D eigenvalue weighted by Gasteiger charge is -2.09. The zero-order valence-electron chi connectivity index (χ0n) is 28.5. The third kappa shape index (κ3) is 11.3. The molecule has 2 saturated heterocycles. The van der Waals surface area contributed by atoms with E-state index in [1.54, 1.807) is 6.20 Å². The summed E-state index contributed by atoms with van der Waals surface area (Å²) in [6, 6.07) is 23.0. The highest BCUT2D eigenvalue weighted by atomic mass is 32.2. The van der Waals surface area contributed by atoms with Gasteiger partial charge in [-0.05, 0) is 78.8 Å². The molecule has 6 rings (SSSR count). The number of hydrogen-bond donors (Lipinski definition) is 2. The molecule has 0 radical (unpaired) electrons. The Morgan fingerprint density at radius 3 is 1.59 bits per heavy atom. The average molecular weight is 729 g/mol. The molecule has 0 aliphatic carbocycles. The summed E-state index contributed by atoms with van der Waals surface area (Å²) in [5.41, 5.74) is 5.90. The fraction of sp³-hybridized carbons (Fsp3) is 0.316. The Morgan fingerprint density at radius 1 is 0.667 bits per heavy atom. The predicted molar refractivity (Wildman–Crippen MR) is 197 cm³/mol. The lowest BCUT2D eigenvalue weighted by molar-refractivity contribution is -0.614. The van der Waals surface area contributed by atoms with Crippen molar-refractivity contribution in [2.24, 2.45) is 0 Å².